The van der Waals surface area contributed by atoms with E-state index in [1.807, 2.05) is 31.2 Å². The summed E-state index contributed by atoms with van der Waals surface area (Å²) >= 11 is 0. The first-order valence-corrected chi connectivity index (χ1v) is 5.99. The van der Waals surface area contributed by atoms with Crippen LogP contribution in [0.25, 0.3) is 0 Å². The number of Topliss-reactive ketones (excluding diaryl/α,β-unsaturated/α-hetero) is 1. The molecule has 2 heteroatoms. The first-order chi connectivity index (χ1) is 7.74. The molecule has 1 heterocycles. The molecule has 0 bridgehead atoms. The zero-order valence-electron chi connectivity index (χ0n) is 9.90. The molecule has 0 radical (unpaired) electrons. The van der Waals surface area contributed by atoms with Gasteiger partial charge in [-0.2, -0.15) is 0 Å². The number of carbonyl (C=O) groups is 1. The second-order valence-electron chi connectivity index (χ2n) is 4.49. The van der Waals surface area contributed by atoms with Gasteiger partial charge in [0.1, 0.15) is 18.1 Å². The molecule has 0 aliphatic carbocycles. The first-order valence-electron chi connectivity index (χ1n) is 5.99. The van der Waals surface area contributed by atoms with E-state index in [1.54, 1.807) is 0 Å². The van der Waals surface area contributed by atoms with Gasteiger partial charge in [0, 0.05) is 11.5 Å². The molecule has 2 atom stereocenters. The second kappa shape index (κ2) is 4.69. The fourth-order valence-electron chi connectivity index (χ4n) is 2.32. The minimum atomic E-state index is -0.0438. The van der Waals surface area contributed by atoms with Crippen LogP contribution < -0.4 is 4.74 Å². The molecule has 0 spiro atoms. The van der Waals surface area contributed by atoms with Crippen molar-refractivity contribution in [2.45, 2.75) is 32.6 Å². The molecule has 2 rings (SSSR count). The van der Waals surface area contributed by atoms with E-state index in [-0.39, 0.29) is 11.8 Å². The molecule has 16 heavy (non-hydrogen) atoms. The monoisotopic (exact) mass is 218 g/mol. The summed E-state index contributed by atoms with van der Waals surface area (Å²) in [6.45, 7) is 4.65. The number of hydrogen-bond acceptors (Lipinski definition) is 2. The third-order valence-corrected chi connectivity index (χ3v) is 3.25. The number of ketones is 1. The third-order valence-electron chi connectivity index (χ3n) is 3.25. The van der Waals surface area contributed by atoms with Crippen LogP contribution in [0.15, 0.2) is 24.3 Å². The van der Waals surface area contributed by atoms with E-state index in [9.17, 15) is 4.79 Å². The second-order valence-corrected chi connectivity index (χ2v) is 4.49. The summed E-state index contributed by atoms with van der Waals surface area (Å²) in [4.78, 5) is 12.2. The molecule has 86 valence electrons. The molecular formula is C14H18O2. The van der Waals surface area contributed by atoms with E-state index >= 15 is 0 Å². The van der Waals surface area contributed by atoms with Crippen LogP contribution in [0.3, 0.4) is 0 Å². The van der Waals surface area contributed by atoms with Gasteiger partial charge in [0.25, 0.3) is 0 Å². The Bertz CT molecular complexity index is 384. The van der Waals surface area contributed by atoms with Crippen LogP contribution in [0.2, 0.25) is 0 Å². The highest BCUT2D eigenvalue weighted by atomic mass is 16.5. The van der Waals surface area contributed by atoms with Crippen molar-refractivity contribution in [1.82, 2.24) is 0 Å². The zero-order chi connectivity index (χ0) is 11.5. The quantitative estimate of drug-likeness (QED) is 0.776. The lowest BCUT2D eigenvalue weighted by Gasteiger charge is -2.13. The number of rotatable bonds is 4. The molecule has 0 amide bonds. The van der Waals surface area contributed by atoms with Crippen LogP contribution in [0, 0.1) is 5.92 Å². The zero-order valence-corrected chi connectivity index (χ0v) is 9.90. The molecule has 0 N–H and O–H groups in total. The highest BCUT2D eigenvalue weighted by Crippen LogP contribution is 2.35. The summed E-state index contributed by atoms with van der Waals surface area (Å²) in [5.41, 5.74) is 1.07. The number of fused-ring (bicyclic) bond motifs is 1. The average Bonchev–Trinajstić information content (AvgIpc) is 2.72. The standard InChI is InChI=1S/C14H18O2/c1-3-6-10(2)14(15)12-9-16-13-8-5-4-7-11(12)13/h4-5,7-8,10,12H,3,6,9H2,1-2H3. The lowest BCUT2D eigenvalue weighted by Crippen LogP contribution is -2.21. The minimum Gasteiger partial charge on any atom is -0.492 e. The van der Waals surface area contributed by atoms with Gasteiger partial charge in [0.2, 0.25) is 0 Å². The largest absolute Gasteiger partial charge is 0.492 e. The molecule has 1 aliphatic rings. The maximum atomic E-state index is 12.2. The molecule has 0 saturated carbocycles. The van der Waals surface area contributed by atoms with Gasteiger partial charge in [-0.25, -0.2) is 0 Å². The van der Waals surface area contributed by atoms with Crippen molar-refractivity contribution >= 4 is 5.78 Å². The van der Waals surface area contributed by atoms with Crippen molar-refractivity contribution < 1.29 is 9.53 Å². The predicted octanol–water partition coefficient (Wildman–Crippen LogP) is 3.17. The molecule has 0 fully saturated rings. The smallest absolute Gasteiger partial charge is 0.146 e. The first kappa shape index (κ1) is 11.2. The van der Waals surface area contributed by atoms with E-state index < -0.39 is 0 Å². The highest BCUT2D eigenvalue weighted by Gasteiger charge is 2.32. The van der Waals surface area contributed by atoms with Crippen molar-refractivity contribution in [1.29, 1.82) is 0 Å². The average molecular weight is 218 g/mol. The fourth-order valence-corrected chi connectivity index (χ4v) is 2.32. The fraction of sp³-hybridized carbons (Fsp3) is 0.500. The Balaban J connectivity index is 2.16. The Labute approximate surface area is 96.6 Å². The van der Waals surface area contributed by atoms with E-state index in [4.69, 9.17) is 4.74 Å². The normalized spacial score (nSPS) is 20.0. The van der Waals surface area contributed by atoms with Gasteiger partial charge in [-0.15, -0.1) is 0 Å². The van der Waals surface area contributed by atoms with Gasteiger partial charge in [-0.1, -0.05) is 38.5 Å². The number of benzene rings is 1. The van der Waals surface area contributed by atoms with Crippen LogP contribution in [0.5, 0.6) is 5.75 Å². The number of hydrogen-bond donors (Lipinski definition) is 0. The number of carbonyl (C=O) groups excluding carboxylic acids is 1. The molecule has 1 aromatic carbocycles. The molecular weight excluding hydrogens is 200 g/mol. The van der Waals surface area contributed by atoms with Gasteiger partial charge < -0.3 is 4.74 Å². The van der Waals surface area contributed by atoms with Gasteiger partial charge in [-0.3, -0.25) is 4.79 Å². The lowest BCUT2D eigenvalue weighted by atomic mass is 9.87. The molecule has 1 aliphatic heterocycles. The van der Waals surface area contributed by atoms with Gasteiger partial charge >= 0.3 is 0 Å². The van der Waals surface area contributed by atoms with Crippen LogP contribution >= 0.6 is 0 Å². The van der Waals surface area contributed by atoms with Crippen molar-refractivity contribution in [3.63, 3.8) is 0 Å². The summed E-state index contributed by atoms with van der Waals surface area (Å²) in [7, 11) is 0. The Kier molecular flexibility index (Phi) is 3.28. The minimum absolute atomic E-state index is 0.0438. The van der Waals surface area contributed by atoms with Crippen LogP contribution in [-0.2, 0) is 4.79 Å². The Hall–Kier alpha value is -1.31. The highest BCUT2D eigenvalue weighted by molar-refractivity contribution is 5.89. The van der Waals surface area contributed by atoms with Crippen LogP contribution in [-0.4, -0.2) is 12.4 Å². The summed E-state index contributed by atoms with van der Waals surface area (Å²) < 4.78 is 5.54. The Morgan fingerprint density at radius 3 is 3.00 bits per heavy atom. The van der Waals surface area contributed by atoms with Crippen molar-refractivity contribution in [3.05, 3.63) is 29.8 Å². The molecule has 0 saturated heterocycles. The van der Waals surface area contributed by atoms with E-state index in [2.05, 4.69) is 6.92 Å². The van der Waals surface area contributed by atoms with E-state index in [0.29, 0.717) is 12.4 Å². The third kappa shape index (κ3) is 1.97. The van der Waals surface area contributed by atoms with Gasteiger partial charge in [-0.05, 0) is 12.5 Å². The van der Waals surface area contributed by atoms with Gasteiger partial charge in [0.05, 0.1) is 5.92 Å². The maximum absolute atomic E-state index is 12.2. The Morgan fingerprint density at radius 2 is 2.25 bits per heavy atom. The summed E-state index contributed by atoms with van der Waals surface area (Å²) in [6.07, 6.45) is 2.03. The molecule has 2 nitrogen and oxygen atoms in total. The molecule has 0 aromatic heterocycles. The van der Waals surface area contributed by atoms with Gasteiger partial charge in [0.15, 0.2) is 0 Å². The molecule has 2 unspecified atom stereocenters. The molecule has 1 aromatic rings. The predicted molar refractivity (Wildman–Crippen MR) is 63.8 cm³/mol. The summed E-state index contributed by atoms with van der Waals surface area (Å²) in [6, 6.07) is 7.86. The van der Waals surface area contributed by atoms with Crippen LogP contribution in [0.1, 0.15) is 38.2 Å². The van der Waals surface area contributed by atoms with E-state index in [1.165, 1.54) is 0 Å². The summed E-state index contributed by atoms with van der Waals surface area (Å²) in [5.74, 6) is 1.30. The lowest BCUT2D eigenvalue weighted by molar-refractivity contribution is -0.124. The Morgan fingerprint density at radius 1 is 1.50 bits per heavy atom. The SMILES string of the molecule is CCCC(C)C(=O)C1COc2ccccc21. The number of para-hydroxylation sites is 1. The van der Waals surface area contributed by atoms with Crippen molar-refractivity contribution in [2.75, 3.05) is 6.61 Å². The van der Waals surface area contributed by atoms with Crippen molar-refractivity contribution in [3.8, 4) is 5.75 Å². The topological polar surface area (TPSA) is 26.3 Å². The van der Waals surface area contributed by atoms with E-state index in [0.717, 1.165) is 24.2 Å². The number of ether oxygens (including phenoxy) is 1. The maximum Gasteiger partial charge on any atom is 0.146 e. The van der Waals surface area contributed by atoms with Crippen LogP contribution in [0.4, 0.5) is 0 Å². The van der Waals surface area contributed by atoms with Crippen molar-refractivity contribution in [2.24, 2.45) is 5.92 Å². The summed E-state index contributed by atoms with van der Waals surface area (Å²) in [5, 5.41) is 0.